The van der Waals surface area contributed by atoms with E-state index in [-0.39, 0.29) is 11.9 Å². The van der Waals surface area contributed by atoms with Gasteiger partial charge in [0.25, 0.3) is 0 Å². The molecule has 0 saturated carbocycles. The van der Waals surface area contributed by atoms with Gasteiger partial charge in [-0.3, -0.25) is 4.68 Å². The second kappa shape index (κ2) is 9.74. The maximum atomic E-state index is 10.9. The topological polar surface area (TPSA) is 147 Å². The van der Waals surface area contributed by atoms with Crippen molar-refractivity contribution < 1.29 is 39.7 Å². The van der Waals surface area contributed by atoms with Gasteiger partial charge in [0.2, 0.25) is 5.88 Å². The molecule has 178 valence electrons. The summed E-state index contributed by atoms with van der Waals surface area (Å²) in [5, 5.41) is 55.1. The molecule has 2 heterocycles. The van der Waals surface area contributed by atoms with Crippen molar-refractivity contribution in [2.24, 2.45) is 0 Å². The standard InChI is InChI=1S/C22H32N2O8/c1-5-30-15-8-6-14(7-9-15)10-16-13(4)24(12(2)3)23-21(16)32-22(29)20(28)19(27)18(26)17(11-25)31-22/h6-9,12,17-20,25-29H,5,10-11H2,1-4H3/t17-,18-,19+,20-,22+/m1/s1. The monoisotopic (exact) mass is 452 g/mol. The van der Waals surface area contributed by atoms with Crippen molar-refractivity contribution in [1.82, 2.24) is 9.78 Å². The molecule has 3 rings (SSSR count). The molecule has 5 atom stereocenters. The lowest BCUT2D eigenvalue weighted by atomic mass is 9.98. The summed E-state index contributed by atoms with van der Waals surface area (Å²) in [6.07, 6.45) is -6.35. The van der Waals surface area contributed by atoms with E-state index in [2.05, 4.69) is 5.10 Å². The molecule has 1 aromatic carbocycles. The lowest BCUT2D eigenvalue weighted by molar-refractivity contribution is -0.423. The number of hydrogen-bond acceptors (Lipinski definition) is 9. The van der Waals surface area contributed by atoms with Crippen molar-refractivity contribution in [2.45, 2.75) is 70.5 Å². The van der Waals surface area contributed by atoms with E-state index in [1.165, 1.54) is 0 Å². The summed E-state index contributed by atoms with van der Waals surface area (Å²) in [7, 11) is 0. The summed E-state index contributed by atoms with van der Waals surface area (Å²) >= 11 is 0. The molecule has 1 aliphatic rings. The van der Waals surface area contributed by atoms with E-state index in [9.17, 15) is 25.5 Å². The Labute approximate surface area is 186 Å². The average molecular weight is 453 g/mol. The average Bonchev–Trinajstić information content (AvgIpc) is 3.06. The highest BCUT2D eigenvalue weighted by Gasteiger charge is 2.55. The SMILES string of the molecule is CCOc1ccc(Cc2c(O[C@@]3(O)O[C@H](CO)[C@@H](O)[C@H](O)[C@H]3O)nn(C(C)C)c2C)cc1. The third kappa shape index (κ3) is 4.75. The molecule has 0 bridgehead atoms. The molecule has 10 heteroatoms. The maximum Gasteiger partial charge on any atom is 0.356 e. The van der Waals surface area contributed by atoms with Crippen molar-refractivity contribution in [3.05, 3.63) is 41.1 Å². The van der Waals surface area contributed by atoms with E-state index >= 15 is 0 Å². The minimum Gasteiger partial charge on any atom is -0.494 e. The normalized spacial score (nSPS) is 28.2. The first-order chi connectivity index (χ1) is 15.1. The molecular weight excluding hydrogens is 420 g/mol. The summed E-state index contributed by atoms with van der Waals surface area (Å²) in [6.45, 7) is 7.51. The fraction of sp³-hybridized carbons (Fsp3) is 0.591. The Balaban J connectivity index is 1.94. The van der Waals surface area contributed by atoms with Crippen molar-refractivity contribution in [3.8, 4) is 11.6 Å². The molecule has 5 N–H and O–H groups in total. The zero-order chi connectivity index (χ0) is 23.6. The highest BCUT2D eigenvalue weighted by molar-refractivity contribution is 5.38. The van der Waals surface area contributed by atoms with E-state index in [1.807, 2.05) is 52.0 Å². The van der Waals surface area contributed by atoms with Gasteiger partial charge < -0.3 is 39.7 Å². The summed E-state index contributed by atoms with van der Waals surface area (Å²) in [5.41, 5.74) is 2.37. The van der Waals surface area contributed by atoms with Gasteiger partial charge in [0, 0.05) is 23.7 Å². The Morgan fingerprint density at radius 1 is 1.16 bits per heavy atom. The first-order valence-corrected chi connectivity index (χ1v) is 10.6. The Morgan fingerprint density at radius 3 is 2.38 bits per heavy atom. The number of hydrogen-bond donors (Lipinski definition) is 5. The molecule has 10 nitrogen and oxygen atoms in total. The fourth-order valence-electron chi connectivity index (χ4n) is 3.74. The molecule has 0 unspecified atom stereocenters. The number of nitrogens with zero attached hydrogens (tertiary/aromatic N) is 2. The van der Waals surface area contributed by atoms with Gasteiger partial charge in [0.1, 0.15) is 24.1 Å². The lowest BCUT2D eigenvalue weighted by Gasteiger charge is -2.43. The lowest BCUT2D eigenvalue weighted by Crippen LogP contribution is -2.67. The fourth-order valence-corrected chi connectivity index (χ4v) is 3.74. The quantitative estimate of drug-likeness (QED) is 0.356. The maximum absolute atomic E-state index is 10.9. The Hall–Kier alpha value is -2.21. The van der Waals surface area contributed by atoms with Crippen molar-refractivity contribution >= 4 is 0 Å². The molecule has 0 aliphatic carbocycles. The van der Waals surface area contributed by atoms with Crippen LogP contribution in [0.25, 0.3) is 0 Å². The van der Waals surface area contributed by atoms with Crippen LogP contribution in [0.15, 0.2) is 24.3 Å². The second-order valence-electron chi connectivity index (χ2n) is 8.16. The Bertz CT molecular complexity index is 898. The van der Waals surface area contributed by atoms with Crippen LogP contribution in [0.2, 0.25) is 0 Å². The van der Waals surface area contributed by atoms with Crippen LogP contribution in [0, 0.1) is 6.92 Å². The first kappa shape index (κ1) is 24.4. The van der Waals surface area contributed by atoms with Gasteiger partial charge >= 0.3 is 5.97 Å². The van der Waals surface area contributed by atoms with Crippen LogP contribution in [0.3, 0.4) is 0 Å². The Kier molecular flexibility index (Phi) is 7.43. The molecular formula is C22H32N2O8. The largest absolute Gasteiger partial charge is 0.494 e. The van der Waals surface area contributed by atoms with E-state index in [1.54, 1.807) is 4.68 Å². The number of aliphatic hydroxyl groups is 5. The molecule has 2 aromatic rings. The van der Waals surface area contributed by atoms with E-state index in [0.717, 1.165) is 17.0 Å². The van der Waals surface area contributed by atoms with Gasteiger partial charge in [0.15, 0.2) is 6.10 Å². The summed E-state index contributed by atoms with van der Waals surface area (Å²) in [6, 6.07) is 7.50. The number of rotatable bonds is 8. The highest BCUT2D eigenvalue weighted by atomic mass is 16.8. The molecule has 1 saturated heterocycles. The smallest absolute Gasteiger partial charge is 0.356 e. The van der Waals surface area contributed by atoms with Gasteiger partial charge in [-0.15, -0.1) is 5.10 Å². The summed E-state index contributed by atoms with van der Waals surface area (Å²) < 4.78 is 18.1. The second-order valence-corrected chi connectivity index (χ2v) is 8.16. The Morgan fingerprint density at radius 2 is 1.81 bits per heavy atom. The molecule has 32 heavy (non-hydrogen) atoms. The van der Waals surface area contributed by atoms with Crippen LogP contribution in [-0.2, 0) is 11.2 Å². The molecule has 1 fully saturated rings. The van der Waals surface area contributed by atoms with Gasteiger partial charge in [-0.2, -0.15) is 0 Å². The van der Waals surface area contributed by atoms with E-state index in [0.29, 0.717) is 18.6 Å². The number of aliphatic hydroxyl groups excluding tert-OH is 4. The summed E-state index contributed by atoms with van der Waals surface area (Å²) in [5.74, 6) is -1.97. The summed E-state index contributed by atoms with van der Waals surface area (Å²) in [4.78, 5) is 0. The van der Waals surface area contributed by atoms with Gasteiger partial charge in [-0.1, -0.05) is 12.1 Å². The third-order valence-corrected chi connectivity index (χ3v) is 5.51. The van der Waals surface area contributed by atoms with E-state index in [4.69, 9.17) is 14.2 Å². The highest BCUT2D eigenvalue weighted by Crippen LogP contribution is 2.34. The zero-order valence-corrected chi connectivity index (χ0v) is 18.7. The first-order valence-electron chi connectivity index (χ1n) is 10.6. The molecule has 0 spiro atoms. The minimum atomic E-state index is -2.72. The predicted molar refractivity (Wildman–Crippen MR) is 113 cm³/mol. The molecule has 1 aromatic heterocycles. The van der Waals surface area contributed by atoms with Crippen LogP contribution in [0.4, 0.5) is 0 Å². The van der Waals surface area contributed by atoms with Crippen molar-refractivity contribution in [3.63, 3.8) is 0 Å². The number of benzene rings is 1. The predicted octanol–water partition coefficient (Wildman–Crippen LogP) is 0.261. The van der Waals surface area contributed by atoms with Crippen LogP contribution < -0.4 is 9.47 Å². The third-order valence-electron chi connectivity index (χ3n) is 5.51. The van der Waals surface area contributed by atoms with Crippen molar-refractivity contribution in [2.75, 3.05) is 13.2 Å². The molecule has 0 radical (unpaired) electrons. The number of ether oxygens (including phenoxy) is 3. The number of aromatic nitrogens is 2. The van der Waals surface area contributed by atoms with Gasteiger partial charge in [0.05, 0.1) is 13.2 Å². The molecule has 1 aliphatic heterocycles. The van der Waals surface area contributed by atoms with Gasteiger partial charge in [-0.25, -0.2) is 0 Å². The van der Waals surface area contributed by atoms with Crippen LogP contribution in [-0.4, -0.2) is 78.9 Å². The zero-order valence-electron chi connectivity index (χ0n) is 18.7. The minimum absolute atomic E-state index is 0.00640. The van der Waals surface area contributed by atoms with Crippen LogP contribution in [0.5, 0.6) is 11.6 Å². The van der Waals surface area contributed by atoms with Crippen LogP contribution >= 0.6 is 0 Å². The van der Waals surface area contributed by atoms with Gasteiger partial charge in [-0.05, 0) is 45.4 Å². The molecule has 0 amide bonds. The van der Waals surface area contributed by atoms with E-state index < -0.39 is 37.0 Å². The van der Waals surface area contributed by atoms with Crippen molar-refractivity contribution in [1.29, 1.82) is 0 Å². The van der Waals surface area contributed by atoms with Crippen LogP contribution in [0.1, 0.15) is 43.6 Å².